The average Bonchev–Trinajstić information content (AvgIpc) is 2.13. The van der Waals surface area contributed by atoms with Gasteiger partial charge in [0.1, 0.15) is 5.54 Å². The first-order valence-electron chi connectivity index (χ1n) is 5.25. The lowest BCUT2D eigenvalue weighted by molar-refractivity contribution is -0.149. The van der Waals surface area contributed by atoms with Crippen LogP contribution in [0.1, 0.15) is 34.6 Å². The van der Waals surface area contributed by atoms with Gasteiger partial charge >= 0.3 is 5.97 Å². The normalized spacial score (nSPS) is 15.9. The molecule has 0 saturated heterocycles. The highest BCUT2D eigenvalue weighted by Crippen LogP contribution is 2.27. The third-order valence-corrected chi connectivity index (χ3v) is 3.66. The summed E-state index contributed by atoms with van der Waals surface area (Å²) in [7, 11) is 1.79. The molecule has 0 aliphatic rings. The van der Waals surface area contributed by atoms with Crippen molar-refractivity contribution in [3.63, 3.8) is 0 Å². The highest BCUT2D eigenvalue weighted by atomic mass is 32.2. The summed E-state index contributed by atoms with van der Waals surface area (Å²) in [6, 6.07) is 0. The molecule has 0 heterocycles. The van der Waals surface area contributed by atoms with Crippen molar-refractivity contribution < 1.29 is 9.53 Å². The van der Waals surface area contributed by atoms with Gasteiger partial charge in [0, 0.05) is 10.5 Å². The lowest BCUT2D eigenvalue weighted by Gasteiger charge is -2.29. The van der Waals surface area contributed by atoms with Crippen molar-refractivity contribution in [2.45, 2.75) is 44.9 Å². The molecule has 0 aromatic heterocycles. The van der Waals surface area contributed by atoms with Crippen molar-refractivity contribution in [1.82, 2.24) is 5.32 Å². The molecule has 90 valence electrons. The van der Waals surface area contributed by atoms with E-state index in [1.165, 1.54) is 0 Å². The molecule has 0 radical (unpaired) electrons. The second-order valence-corrected chi connectivity index (χ2v) is 6.51. The van der Waals surface area contributed by atoms with E-state index in [0.717, 1.165) is 0 Å². The van der Waals surface area contributed by atoms with Crippen LogP contribution in [0.15, 0.2) is 0 Å². The molecule has 0 bridgehead atoms. The molecular weight excluding hydrogens is 210 g/mol. The number of rotatable bonds is 5. The molecular formula is C11H23NO2S. The van der Waals surface area contributed by atoms with E-state index in [4.69, 9.17) is 4.74 Å². The van der Waals surface area contributed by atoms with E-state index in [-0.39, 0.29) is 10.7 Å². The number of ether oxygens (including phenoxy) is 1. The van der Waals surface area contributed by atoms with Gasteiger partial charge in [-0.05, 0) is 20.9 Å². The summed E-state index contributed by atoms with van der Waals surface area (Å²) in [4.78, 5) is 11.7. The lowest BCUT2D eigenvalue weighted by atomic mass is 10.1. The van der Waals surface area contributed by atoms with Gasteiger partial charge in [-0.1, -0.05) is 20.8 Å². The molecule has 0 fully saturated rings. The summed E-state index contributed by atoms with van der Waals surface area (Å²) in [5.41, 5.74) is -0.589. The van der Waals surface area contributed by atoms with Gasteiger partial charge in [-0.3, -0.25) is 4.79 Å². The Bertz CT molecular complexity index is 213. The predicted molar refractivity (Wildman–Crippen MR) is 66.3 cm³/mol. The van der Waals surface area contributed by atoms with Crippen LogP contribution in [0, 0.1) is 0 Å². The van der Waals surface area contributed by atoms with Crippen LogP contribution >= 0.6 is 11.8 Å². The highest BCUT2D eigenvalue weighted by molar-refractivity contribution is 8.00. The van der Waals surface area contributed by atoms with Gasteiger partial charge in [0.2, 0.25) is 0 Å². The molecule has 0 aromatic carbocycles. The van der Waals surface area contributed by atoms with Gasteiger partial charge in [0.15, 0.2) is 0 Å². The van der Waals surface area contributed by atoms with Gasteiger partial charge in [-0.15, -0.1) is 0 Å². The van der Waals surface area contributed by atoms with Crippen LogP contribution in [0.4, 0.5) is 0 Å². The van der Waals surface area contributed by atoms with Crippen molar-refractivity contribution in [3.05, 3.63) is 0 Å². The molecule has 3 nitrogen and oxygen atoms in total. The molecule has 4 heteroatoms. The summed E-state index contributed by atoms with van der Waals surface area (Å²) in [6.07, 6.45) is 0. The fourth-order valence-electron chi connectivity index (χ4n) is 0.884. The topological polar surface area (TPSA) is 38.3 Å². The molecule has 0 aromatic rings. The molecule has 0 rings (SSSR count). The molecule has 1 N–H and O–H groups in total. The van der Waals surface area contributed by atoms with Crippen molar-refractivity contribution in [2.75, 3.05) is 19.4 Å². The fourth-order valence-corrected chi connectivity index (χ4v) is 1.87. The Morgan fingerprint density at radius 2 is 1.87 bits per heavy atom. The number of esters is 1. The number of likely N-dealkylation sites (N-methyl/N-ethyl adjacent to an activating group) is 1. The first kappa shape index (κ1) is 14.8. The maximum Gasteiger partial charge on any atom is 0.326 e. The Morgan fingerprint density at radius 3 is 2.20 bits per heavy atom. The third kappa shape index (κ3) is 5.42. The summed E-state index contributed by atoms with van der Waals surface area (Å²) in [5, 5.41) is 3.04. The van der Waals surface area contributed by atoms with Crippen molar-refractivity contribution in [3.8, 4) is 0 Å². The smallest absolute Gasteiger partial charge is 0.326 e. The standard InChI is InChI=1S/C11H23NO2S/c1-7-14-9(13)11(5,12-6)8-15-10(2,3)4/h12H,7-8H2,1-6H3. The van der Waals surface area contributed by atoms with E-state index < -0.39 is 5.54 Å². The minimum Gasteiger partial charge on any atom is -0.465 e. The van der Waals surface area contributed by atoms with E-state index in [9.17, 15) is 4.79 Å². The number of thioether (sulfide) groups is 1. The molecule has 0 aliphatic carbocycles. The molecule has 0 amide bonds. The Hall–Kier alpha value is -0.220. The van der Waals surface area contributed by atoms with Gasteiger partial charge in [-0.25, -0.2) is 0 Å². The van der Waals surface area contributed by atoms with Crippen molar-refractivity contribution >= 4 is 17.7 Å². The van der Waals surface area contributed by atoms with Gasteiger partial charge in [-0.2, -0.15) is 11.8 Å². The molecule has 0 aliphatic heterocycles. The second kappa shape index (κ2) is 5.75. The first-order valence-corrected chi connectivity index (χ1v) is 6.24. The van der Waals surface area contributed by atoms with E-state index >= 15 is 0 Å². The van der Waals surface area contributed by atoms with E-state index in [2.05, 4.69) is 26.1 Å². The zero-order chi connectivity index (χ0) is 12.1. The van der Waals surface area contributed by atoms with E-state index in [0.29, 0.717) is 12.4 Å². The number of carbonyl (C=O) groups is 1. The molecule has 1 atom stereocenters. The van der Waals surface area contributed by atoms with Gasteiger partial charge < -0.3 is 10.1 Å². The van der Waals surface area contributed by atoms with Gasteiger partial charge in [0.05, 0.1) is 6.61 Å². The number of nitrogens with one attached hydrogen (secondary N) is 1. The van der Waals surface area contributed by atoms with Crippen LogP contribution in [0.5, 0.6) is 0 Å². The highest BCUT2D eigenvalue weighted by Gasteiger charge is 2.34. The summed E-state index contributed by atoms with van der Waals surface area (Å²) >= 11 is 1.76. The summed E-state index contributed by atoms with van der Waals surface area (Å²) in [5.74, 6) is 0.538. The zero-order valence-corrected chi connectivity index (χ0v) is 11.5. The summed E-state index contributed by atoms with van der Waals surface area (Å²) in [6.45, 7) is 10.5. The first-order chi connectivity index (χ1) is 6.75. The minimum absolute atomic E-state index is 0.157. The second-order valence-electron chi connectivity index (χ2n) is 4.70. The number of hydrogen-bond acceptors (Lipinski definition) is 4. The van der Waals surface area contributed by atoms with E-state index in [1.807, 2.05) is 13.8 Å². The van der Waals surface area contributed by atoms with Crippen molar-refractivity contribution in [1.29, 1.82) is 0 Å². The van der Waals surface area contributed by atoms with Crippen LogP contribution < -0.4 is 5.32 Å². The number of hydrogen-bond donors (Lipinski definition) is 1. The van der Waals surface area contributed by atoms with Crippen molar-refractivity contribution in [2.24, 2.45) is 0 Å². The monoisotopic (exact) mass is 233 g/mol. The van der Waals surface area contributed by atoms with Crippen LogP contribution in [0.2, 0.25) is 0 Å². The Balaban J connectivity index is 4.37. The van der Waals surface area contributed by atoms with Crippen LogP contribution in [-0.2, 0) is 9.53 Å². The fraction of sp³-hybridized carbons (Fsp3) is 0.909. The lowest BCUT2D eigenvalue weighted by Crippen LogP contribution is -2.51. The maximum atomic E-state index is 11.7. The Morgan fingerprint density at radius 1 is 1.33 bits per heavy atom. The van der Waals surface area contributed by atoms with Crippen LogP contribution in [0.25, 0.3) is 0 Å². The maximum absolute atomic E-state index is 11.7. The molecule has 1 unspecified atom stereocenters. The summed E-state index contributed by atoms with van der Waals surface area (Å²) < 4.78 is 5.21. The Labute approximate surface area is 97.3 Å². The third-order valence-electron chi connectivity index (χ3n) is 2.07. The Kier molecular flexibility index (Phi) is 5.67. The molecule has 15 heavy (non-hydrogen) atoms. The SMILES string of the molecule is CCOC(=O)C(C)(CSC(C)(C)C)NC. The predicted octanol–water partition coefficient (Wildman–Crippen LogP) is 2.06. The number of carbonyl (C=O) groups excluding carboxylic acids is 1. The van der Waals surface area contributed by atoms with Crippen LogP contribution in [0.3, 0.4) is 0 Å². The minimum atomic E-state index is -0.589. The molecule has 0 saturated carbocycles. The average molecular weight is 233 g/mol. The largest absolute Gasteiger partial charge is 0.465 e. The van der Waals surface area contributed by atoms with E-state index in [1.54, 1.807) is 18.8 Å². The van der Waals surface area contributed by atoms with Gasteiger partial charge in [0.25, 0.3) is 0 Å². The quantitative estimate of drug-likeness (QED) is 0.738. The van der Waals surface area contributed by atoms with Crippen LogP contribution in [-0.4, -0.2) is 35.7 Å². The molecule has 0 spiro atoms. The zero-order valence-electron chi connectivity index (χ0n) is 10.6.